The van der Waals surface area contributed by atoms with Crippen molar-refractivity contribution >= 4 is 10.0 Å². The molecule has 5 rings (SSSR count). The number of hydrogen-bond acceptors (Lipinski definition) is 6. The molecule has 0 aliphatic heterocycles. The van der Waals surface area contributed by atoms with Crippen molar-refractivity contribution < 1.29 is 12.9 Å². The third-order valence-corrected chi connectivity index (χ3v) is 7.48. The molecule has 0 amide bonds. The molecular formula is C22H24N4O3S. The van der Waals surface area contributed by atoms with Gasteiger partial charge >= 0.3 is 0 Å². The van der Waals surface area contributed by atoms with Gasteiger partial charge in [-0.2, -0.15) is 4.98 Å². The molecule has 0 radical (unpaired) electrons. The molecule has 0 bridgehead atoms. The second kappa shape index (κ2) is 7.92. The van der Waals surface area contributed by atoms with Crippen molar-refractivity contribution in [2.24, 2.45) is 0 Å². The van der Waals surface area contributed by atoms with Crippen molar-refractivity contribution in [3.05, 3.63) is 60.2 Å². The second-order valence-corrected chi connectivity index (χ2v) is 9.94. The maximum atomic E-state index is 12.9. The highest BCUT2D eigenvalue weighted by Crippen LogP contribution is 2.39. The van der Waals surface area contributed by atoms with E-state index in [-0.39, 0.29) is 10.9 Å². The Hall–Kier alpha value is -2.58. The minimum absolute atomic E-state index is 0.0769. The molecule has 8 heteroatoms. The van der Waals surface area contributed by atoms with Crippen LogP contribution in [0.4, 0.5) is 0 Å². The summed E-state index contributed by atoms with van der Waals surface area (Å²) in [4.78, 5) is 8.87. The molecule has 0 unspecified atom stereocenters. The summed E-state index contributed by atoms with van der Waals surface area (Å²) < 4.78 is 34.0. The van der Waals surface area contributed by atoms with Gasteiger partial charge in [-0.1, -0.05) is 17.6 Å². The minimum atomic E-state index is -3.59. The number of sulfonamides is 1. The van der Waals surface area contributed by atoms with E-state index in [0.717, 1.165) is 44.1 Å². The fourth-order valence-corrected chi connectivity index (χ4v) is 5.42. The summed E-state index contributed by atoms with van der Waals surface area (Å²) in [6, 6.07) is 10.6. The molecule has 2 heterocycles. The second-order valence-electron chi connectivity index (χ2n) is 8.22. The zero-order chi connectivity index (χ0) is 20.6. The van der Waals surface area contributed by atoms with Crippen LogP contribution in [0.1, 0.15) is 61.8 Å². The topological polar surface area (TPSA) is 98.0 Å². The Balaban J connectivity index is 1.27. The molecule has 7 nitrogen and oxygen atoms in total. The Morgan fingerprint density at radius 2 is 1.83 bits per heavy atom. The summed E-state index contributed by atoms with van der Waals surface area (Å²) in [5.74, 6) is 1.90. The number of nitrogens with one attached hydrogen (secondary N) is 1. The van der Waals surface area contributed by atoms with E-state index in [9.17, 15) is 8.42 Å². The van der Waals surface area contributed by atoms with E-state index in [0.29, 0.717) is 23.6 Å². The van der Waals surface area contributed by atoms with Crippen LogP contribution in [-0.2, 0) is 10.0 Å². The van der Waals surface area contributed by atoms with Crippen molar-refractivity contribution in [2.45, 2.75) is 61.3 Å². The number of hydrogen-bond donors (Lipinski definition) is 1. The zero-order valence-electron chi connectivity index (χ0n) is 16.6. The van der Waals surface area contributed by atoms with Gasteiger partial charge < -0.3 is 4.52 Å². The lowest BCUT2D eigenvalue weighted by Gasteiger charge is -2.29. The molecule has 30 heavy (non-hydrogen) atoms. The minimum Gasteiger partial charge on any atom is -0.339 e. The molecule has 3 aromatic rings. The van der Waals surface area contributed by atoms with Gasteiger partial charge in [-0.25, -0.2) is 13.1 Å². The van der Waals surface area contributed by atoms with Crippen LogP contribution < -0.4 is 4.72 Å². The fourth-order valence-electron chi connectivity index (χ4n) is 4.14. The Bertz CT molecular complexity index is 1110. The van der Waals surface area contributed by atoms with Crippen LogP contribution in [0.3, 0.4) is 0 Å². The van der Waals surface area contributed by atoms with Gasteiger partial charge in [-0.05, 0) is 73.9 Å². The highest BCUT2D eigenvalue weighted by Gasteiger charge is 2.30. The predicted octanol–water partition coefficient (Wildman–Crippen LogP) is 4.01. The zero-order valence-corrected chi connectivity index (χ0v) is 17.4. The summed E-state index contributed by atoms with van der Waals surface area (Å²) in [5.41, 5.74) is 1.93. The largest absolute Gasteiger partial charge is 0.339 e. The molecule has 2 aliphatic carbocycles. The average molecular weight is 425 g/mol. The first-order valence-corrected chi connectivity index (χ1v) is 11.9. The van der Waals surface area contributed by atoms with E-state index in [1.807, 2.05) is 12.3 Å². The molecule has 2 atom stereocenters. The lowest BCUT2D eigenvalue weighted by molar-refractivity contribution is 0.371. The summed E-state index contributed by atoms with van der Waals surface area (Å²) in [7, 11) is -3.59. The summed E-state index contributed by atoms with van der Waals surface area (Å²) in [5, 5.41) is 4.01. The monoisotopic (exact) mass is 424 g/mol. The molecule has 156 valence electrons. The van der Waals surface area contributed by atoms with Crippen LogP contribution >= 0.6 is 0 Å². The highest BCUT2D eigenvalue weighted by molar-refractivity contribution is 7.89. The fraction of sp³-hybridized carbons (Fsp3) is 0.409. The van der Waals surface area contributed by atoms with Crippen LogP contribution in [0, 0.1) is 0 Å². The van der Waals surface area contributed by atoms with Gasteiger partial charge in [-0.15, -0.1) is 0 Å². The SMILES string of the molecule is O=S(=O)(N[C@@H]1CCC[C@H](c2cccnc2)C1)c1ccc(-c2noc(C3CC3)n2)cc1. The molecule has 1 N–H and O–H groups in total. The Morgan fingerprint density at radius 1 is 1.00 bits per heavy atom. The first kappa shape index (κ1) is 19.4. The molecule has 2 fully saturated rings. The van der Waals surface area contributed by atoms with Crippen molar-refractivity contribution in [3.63, 3.8) is 0 Å². The third-order valence-electron chi connectivity index (χ3n) is 5.94. The van der Waals surface area contributed by atoms with E-state index in [1.54, 1.807) is 30.5 Å². The van der Waals surface area contributed by atoms with Crippen LogP contribution in [0.25, 0.3) is 11.4 Å². The third kappa shape index (κ3) is 4.15. The van der Waals surface area contributed by atoms with Crippen molar-refractivity contribution in [1.82, 2.24) is 19.8 Å². The quantitative estimate of drug-likeness (QED) is 0.642. The Kier molecular flexibility index (Phi) is 5.12. The van der Waals surface area contributed by atoms with E-state index in [1.165, 1.54) is 5.56 Å². The molecule has 1 aromatic carbocycles. The summed E-state index contributed by atoms with van der Waals surface area (Å²) in [6.07, 6.45) is 9.51. The first-order chi connectivity index (χ1) is 14.6. The van der Waals surface area contributed by atoms with E-state index >= 15 is 0 Å². The van der Waals surface area contributed by atoms with Gasteiger partial charge in [0.15, 0.2) is 0 Å². The van der Waals surface area contributed by atoms with Crippen molar-refractivity contribution in [3.8, 4) is 11.4 Å². The van der Waals surface area contributed by atoms with Crippen LogP contribution in [0.15, 0.2) is 58.2 Å². The smallest absolute Gasteiger partial charge is 0.240 e. The van der Waals surface area contributed by atoms with E-state index in [4.69, 9.17) is 4.52 Å². The van der Waals surface area contributed by atoms with Gasteiger partial charge in [0.1, 0.15) is 0 Å². The maximum Gasteiger partial charge on any atom is 0.240 e. The molecule has 2 saturated carbocycles. The molecular weight excluding hydrogens is 400 g/mol. The standard InChI is InChI=1S/C22H24N4O3S/c27-30(28,26-19-5-1-3-17(13-19)18-4-2-12-23-14-18)20-10-8-15(9-11-20)21-24-22(29-25-21)16-6-7-16/h2,4,8-12,14,16-17,19,26H,1,3,5-7,13H2/t17-,19+/m0/s1. The normalized spacial score (nSPS) is 22.1. The van der Waals surface area contributed by atoms with Crippen molar-refractivity contribution in [1.29, 1.82) is 0 Å². The van der Waals surface area contributed by atoms with E-state index in [2.05, 4.69) is 25.9 Å². The van der Waals surface area contributed by atoms with Gasteiger partial charge in [0.05, 0.1) is 4.90 Å². The van der Waals surface area contributed by atoms with Gasteiger partial charge in [0.2, 0.25) is 21.7 Å². The Morgan fingerprint density at radius 3 is 2.57 bits per heavy atom. The number of benzene rings is 1. The Labute approximate surface area is 176 Å². The first-order valence-electron chi connectivity index (χ1n) is 10.4. The van der Waals surface area contributed by atoms with Crippen LogP contribution in [0.2, 0.25) is 0 Å². The van der Waals surface area contributed by atoms with Crippen molar-refractivity contribution in [2.75, 3.05) is 0 Å². The molecule has 2 aromatic heterocycles. The van der Waals surface area contributed by atoms with Gasteiger partial charge in [-0.3, -0.25) is 4.98 Å². The molecule has 2 aliphatic rings. The average Bonchev–Trinajstić information content (AvgIpc) is 3.51. The van der Waals surface area contributed by atoms with Gasteiger partial charge in [0.25, 0.3) is 0 Å². The number of aromatic nitrogens is 3. The highest BCUT2D eigenvalue weighted by atomic mass is 32.2. The maximum absolute atomic E-state index is 12.9. The number of pyridine rings is 1. The van der Waals surface area contributed by atoms with Crippen LogP contribution in [-0.4, -0.2) is 29.6 Å². The van der Waals surface area contributed by atoms with Crippen LogP contribution in [0.5, 0.6) is 0 Å². The lowest BCUT2D eigenvalue weighted by atomic mass is 9.82. The molecule has 0 spiro atoms. The lowest BCUT2D eigenvalue weighted by Crippen LogP contribution is -2.37. The number of nitrogens with zero attached hydrogens (tertiary/aromatic N) is 3. The predicted molar refractivity (Wildman–Crippen MR) is 111 cm³/mol. The van der Waals surface area contributed by atoms with E-state index < -0.39 is 10.0 Å². The summed E-state index contributed by atoms with van der Waals surface area (Å²) >= 11 is 0. The molecule has 0 saturated heterocycles. The summed E-state index contributed by atoms with van der Waals surface area (Å²) in [6.45, 7) is 0. The number of rotatable bonds is 6. The van der Waals surface area contributed by atoms with Gasteiger partial charge in [0, 0.05) is 29.9 Å².